The molecule has 0 spiro atoms. The normalized spacial score (nSPS) is 11.6. The lowest BCUT2D eigenvalue weighted by Crippen LogP contribution is -2.50. The van der Waals surface area contributed by atoms with Gasteiger partial charge in [0.25, 0.3) is 0 Å². The molecule has 3 aromatic rings. The zero-order valence-electron chi connectivity index (χ0n) is 20.2. The van der Waals surface area contributed by atoms with Gasteiger partial charge in [0.15, 0.2) is 0 Å². The van der Waals surface area contributed by atoms with Crippen molar-refractivity contribution >= 4 is 35.2 Å². The Morgan fingerprint density at radius 2 is 1.63 bits per heavy atom. The summed E-state index contributed by atoms with van der Waals surface area (Å²) in [4.78, 5) is 29.8. The summed E-state index contributed by atoms with van der Waals surface area (Å²) in [6.45, 7) is 3.02. The Labute approximate surface area is 218 Å². The summed E-state index contributed by atoms with van der Waals surface area (Å²) < 4.78 is 0. The number of hydrogen-bond acceptors (Lipinski definition) is 3. The number of rotatable bonds is 13. The molecule has 1 atom stereocenters. The maximum absolute atomic E-state index is 13.6. The minimum Gasteiger partial charge on any atom is -0.354 e. The maximum atomic E-state index is 13.6. The molecule has 2 amide bonds. The van der Waals surface area contributed by atoms with E-state index in [0.717, 1.165) is 28.9 Å². The molecule has 0 radical (unpaired) electrons. The Morgan fingerprint density at radius 3 is 2.31 bits per heavy atom. The highest BCUT2D eigenvalue weighted by molar-refractivity contribution is 7.99. The smallest absolute Gasteiger partial charge is 0.243 e. The Kier molecular flexibility index (Phi) is 11.2. The average molecular weight is 509 g/mol. The average Bonchev–Trinajstić information content (AvgIpc) is 2.87. The van der Waals surface area contributed by atoms with Crippen molar-refractivity contribution in [3.05, 3.63) is 101 Å². The lowest BCUT2D eigenvalue weighted by atomic mass is 10.0. The van der Waals surface area contributed by atoms with Gasteiger partial charge in [0.1, 0.15) is 6.04 Å². The molecule has 0 bridgehead atoms. The van der Waals surface area contributed by atoms with E-state index in [-0.39, 0.29) is 11.8 Å². The van der Waals surface area contributed by atoms with Crippen LogP contribution in [0.4, 0.5) is 0 Å². The van der Waals surface area contributed by atoms with Crippen molar-refractivity contribution in [2.75, 3.05) is 12.3 Å². The molecule has 0 aromatic heterocycles. The standard InChI is InChI=1S/C29H33ClN2O2S/c1-2-3-18-31-29(34)27(21-23-11-6-4-7-12-23)32(22-24-13-10-14-25(30)20-24)28(33)17-19-35-26-15-8-5-9-16-26/h4-16,20,27H,2-3,17-19,21-22H2,1H3,(H,31,34)/t27-/m0/s1. The summed E-state index contributed by atoms with van der Waals surface area (Å²) in [5.74, 6) is 0.484. The highest BCUT2D eigenvalue weighted by atomic mass is 35.5. The first-order valence-corrected chi connectivity index (χ1v) is 13.5. The number of carbonyl (C=O) groups is 2. The maximum Gasteiger partial charge on any atom is 0.243 e. The van der Waals surface area contributed by atoms with Crippen LogP contribution in [-0.2, 0) is 22.6 Å². The number of benzene rings is 3. The minimum absolute atomic E-state index is 0.0417. The van der Waals surface area contributed by atoms with Gasteiger partial charge >= 0.3 is 0 Å². The van der Waals surface area contributed by atoms with Gasteiger partial charge in [-0.1, -0.05) is 85.6 Å². The monoisotopic (exact) mass is 508 g/mol. The zero-order valence-corrected chi connectivity index (χ0v) is 21.7. The molecule has 0 aliphatic heterocycles. The summed E-state index contributed by atoms with van der Waals surface area (Å²) in [6.07, 6.45) is 2.69. The van der Waals surface area contributed by atoms with Gasteiger partial charge in [-0.3, -0.25) is 9.59 Å². The van der Waals surface area contributed by atoms with Crippen molar-refractivity contribution < 1.29 is 9.59 Å². The highest BCUT2D eigenvalue weighted by Gasteiger charge is 2.30. The molecular formula is C29H33ClN2O2S. The van der Waals surface area contributed by atoms with Crippen molar-refractivity contribution in [3.63, 3.8) is 0 Å². The topological polar surface area (TPSA) is 49.4 Å². The van der Waals surface area contributed by atoms with Gasteiger partial charge in [0.05, 0.1) is 0 Å². The Morgan fingerprint density at radius 1 is 0.943 bits per heavy atom. The van der Waals surface area contributed by atoms with Crippen molar-refractivity contribution in [2.24, 2.45) is 0 Å². The number of hydrogen-bond donors (Lipinski definition) is 1. The molecule has 6 heteroatoms. The largest absolute Gasteiger partial charge is 0.354 e. The molecule has 0 heterocycles. The van der Waals surface area contributed by atoms with Crippen LogP contribution >= 0.6 is 23.4 Å². The van der Waals surface area contributed by atoms with Gasteiger partial charge in [-0.05, 0) is 41.8 Å². The van der Waals surface area contributed by atoms with Gasteiger partial charge in [-0.25, -0.2) is 0 Å². The zero-order chi connectivity index (χ0) is 24.9. The van der Waals surface area contributed by atoms with E-state index >= 15 is 0 Å². The molecule has 35 heavy (non-hydrogen) atoms. The quantitative estimate of drug-likeness (QED) is 0.215. The third-order valence-corrected chi connectivity index (χ3v) is 6.92. The minimum atomic E-state index is -0.609. The fourth-order valence-corrected chi connectivity index (χ4v) is 4.88. The van der Waals surface area contributed by atoms with Gasteiger partial charge < -0.3 is 10.2 Å². The molecular weight excluding hydrogens is 476 g/mol. The fourth-order valence-electron chi connectivity index (χ4n) is 3.81. The molecule has 1 N–H and O–H groups in total. The van der Waals surface area contributed by atoms with Crippen molar-refractivity contribution in [3.8, 4) is 0 Å². The number of amides is 2. The van der Waals surface area contributed by atoms with Crippen LogP contribution in [-0.4, -0.2) is 35.1 Å². The number of halogens is 1. The number of thioether (sulfide) groups is 1. The van der Waals surface area contributed by atoms with Crippen LogP contribution in [0.25, 0.3) is 0 Å². The van der Waals surface area contributed by atoms with Crippen molar-refractivity contribution in [1.29, 1.82) is 0 Å². The molecule has 0 fully saturated rings. The summed E-state index contributed by atoms with van der Waals surface area (Å²) in [5, 5.41) is 3.67. The predicted octanol–water partition coefficient (Wildman–Crippen LogP) is 6.38. The van der Waals surface area contributed by atoms with Crippen LogP contribution in [0.5, 0.6) is 0 Å². The lowest BCUT2D eigenvalue weighted by molar-refractivity contribution is -0.141. The lowest BCUT2D eigenvalue weighted by Gasteiger charge is -2.31. The summed E-state index contributed by atoms with van der Waals surface area (Å²) in [7, 11) is 0. The van der Waals surface area contributed by atoms with Crippen LogP contribution in [0.1, 0.15) is 37.3 Å². The Hall–Kier alpha value is -2.76. The van der Waals surface area contributed by atoms with E-state index in [1.54, 1.807) is 16.7 Å². The van der Waals surface area contributed by atoms with Gasteiger partial charge in [0, 0.05) is 41.6 Å². The fraction of sp³-hybridized carbons (Fsp3) is 0.310. The van der Waals surface area contributed by atoms with E-state index in [0.29, 0.717) is 36.7 Å². The molecule has 0 unspecified atom stereocenters. The van der Waals surface area contributed by atoms with Gasteiger partial charge in [0.2, 0.25) is 11.8 Å². The molecule has 4 nitrogen and oxygen atoms in total. The number of carbonyl (C=O) groups excluding carboxylic acids is 2. The molecule has 0 saturated heterocycles. The number of nitrogens with one attached hydrogen (secondary N) is 1. The van der Waals surface area contributed by atoms with Crippen LogP contribution < -0.4 is 5.32 Å². The van der Waals surface area contributed by atoms with E-state index in [9.17, 15) is 9.59 Å². The highest BCUT2D eigenvalue weighted by Crippen LogP contribution is 2.21. The Balaban J connectivity index is 1.83. The first kappa shape index (κ1) is 26.8. The second-order valence-corrected chi connectivity index (χ2v) is 10.0. The van der Waals surface area contributed by atoms with Crippen LogP contribution in [0.2, 0.25) is 5.02 Å². The van der Waals surface area contributed by atoms with Crippen molar-refractivity contribution in [2.45, 2.75) is 50.1 Å². The SMILES string of the molecule is CCCCNC(=O)[C@H](Cc1ccccc1)N(Cc1cccc(Cl)c1)C(=O)CCSc1ccccc1. The first-order chi connectivity index (χ1) is 17.1. The number of nitrogens with zero attached hydrogens (tertiary/aromatic N) is 1. The molecule has 0 aliphatic rings. The third-order valence-electron chi connectivity index (χ3n) is 5.67. The molecule has 184 valence electrons. The van der Waals surface area contributed by atoms with E-state index < -0.39 is 6.04 Å². The van der Waals surface area contributed by atoms with Gasteiger partial charge in [-0.15, -0.1) is 11.8 Å². The molecule has 3 aromatic carbocycles. The molecule has 3 rings (SSSR count). The molecule has 0 saturated carbocycles. The first-order valence-electron chi connectivity index (χ1n) is 12.1. The van der Waals surface area contributed by atoms with E-state index in [1.165, 1.54) is 0 Å². The summed E-state index contributed by atoms with van der Waals surface area (Å²) >= 11 is 7.88. The second-order valence-electron chi connectivity index (χ2n) is 8.41. The van der Waals surface area contributed by atoms with Crippen LogP contribution in [0.3, 0.4) is 0 Å². The third kappa shape index (κ3) is 9.08. The van der Waals surface area contributed by atoms with E-state index in [1.807, 2.05) is 84.9 Å². The van der Waals surface area contributed by atoms with Crippen molar-refractivity contribution in [1.82, 2.24) is 10.2 Å². The summed E-state index contributed by atoms with van der Waals surface area (Å²) in [5.41, 5.74) is 1.92. The van der Waals surface area contributed by atoms with Gasteiger partial charge in [-0.2, -0.15) is 0 Å². The Bertz CT molecular complexity index is 1060. The molecule has 0 aliphatic carbocycles. The summed E-state index contributed by atoms with van der Waals surface area (Å²) in [6, 6.07) is 26.8. The number of unbranched alkanes of at least 4 members (excludes halogenated alkanes) is 1. The van der Waals surface area contributed by atoms with E-state index in [2.05, 4.69) is 12.2 Å². The van der Waals surface area contributed by atoms with Crippen LogP contribution in [0.15, 0.2) is 89.8 Å². The van der Waals surface area contributed by atoms with Crippen LogP contribution in [0, 0.1) is 0 Å². The second kappa shape index (κ2) is 14.6. The van der Waals surface area contributed by atoms with E-state index in [4.69, 9.17) is 11.6 Å². The predicted molar refractivity (Wildman–Crippen MR) is 146 cm³/mol.